The van der Waals surface area contributed by atoms with Crippen LogP contribution in [0.25, 0.3) is 0 Å². The predicted octanol–water partition coefficient (Wildman–Crippen LogP) is 2.30. The van der Waals surface area contributed by atoms with Gasteiger partial charge >= 0.3 is 0 Å². The first-order chi connectivity index (χ1) is 10.6. The quantitative estimate of drug-likeness (QED) is 0.759. The fourth-order valence-electron chi connectivity index (χ4n) is 2.11. The first kappa shape index (κ1) is 16.5. The Morgan fingerprint density at radius 3 is 2.27 bits per heavy atom. The summed E-state index contributed by atoms with van der Waals surface area (Å²) in [5.41, 5.74) is 1.24. The van der Waals surface area contributed by atoms with E-state index in [2.05, 4.69) is 17.4 Å². The minimum Gasteiger partial charge on any atom is -0.497 e. The molecule has 0 amide bonds. The Morgan fingerprint density at radius 1 is 0.955 bits per heavy atom. The number of ether oxygens (including phenoxy) is 1. The molecule has 0 spiro atoms. The van der Waals surface area contributed by atoms with Crippen molar-refractivity contribution in [3.8, 4) is 5.75 Å². The summed E-state index contributed by atoms with van der Waals surface area (Å²) in [5, 5.41) is 3.18. The van der Waals surface area contributed by atoms with E-state index >= 15 is 0 Å². The third-order valence-electron chi connectivity index (χ3n) is 3.40. The Balaban J connectivity index is 1.77. The van der Waals surface area contributed by atoms with Crippen LogP contribution >= 0.6 is 0 Å². The van der Waals surface area contributed by atoms with Gasteiger partial charge < -0.3 is 10.1 Å². The highest BCUT2D eigenvalue weighted by Gasteiger charge is 2.13. The molecule has 0 saturated carbocycles. The number of methoxy groups -OCH3 is 1. The molecule has 118 valence electrons. The van der Waals surface area contributed by atoms with Crippen LogP contribution in [0.2, 0.25) is 0 Å². The minimum atomic E-state index is -3.25. The summed E-state index contributed by atoms with van der Waals surface area (Å²) in [6, 6.07) is 16.6. The van der Waals surface area contributed by atoms with Gasteiger partial charge in [-0.05, 0) is 42.8 Å². The van der Waals surface area contributed by atoms with Crippen molar-refractivity contribution in [3.05, 3.63) is 60.2 Å². The summed E-state index contributed by atoms with van der Waals surface area (Å²) in [6.07, 6.45) is 0.892. The van der Waals surface area contributed by atoms with Crippen molar-refractivity contribution in [3.63, 3.8) is 0 Å². The Kier molecular flexibility index (Phi) is 5.98. The molecule has 1 N–H and O–H groups in total. The van der Waals surface area contributed by atoms with Crippen molar-refractivity contribution in [2.45, 2.75) is 11.3 Å². The number of benzene rings is 2. The van der Waals surface area contributed by atoms with Gasteiger partial charge in [0.15, 0.2) is 9.84 Å². The largest absolute Gasteiger partial charge is 0.497 e. The fraction of sp³-hybridized carbons (Fsp3) is 0.294. The molecule has 0 aromatic heterocycles. The van der Waals surface area contributed by atoms with Crippen LogP contribution in [0.4, 0.5) is 0 Å². The monoisotopic (exact) mass is 319 g/mol. The normalized spacial score (nSPS) is 11.3. The summed E-state index contributed by atoms with van der Waals surface area (Å²) in [4.78, 5) is 0.332. The number of sulfone groups is 1. The molecule has 0 radical (unpaired) electrons. The zero-order valence-electron chi connectivity index (χ0n) is 12.7. The molecule has 0 bridgehead atoms. The molecular weight excluding hydrogens is 298 g/mol. The summed E-state index contributed by atoms with van der Waals surface area (Å²) < 4.78 is 29.4. The van der Waals surface area contributed by atoms with E-state index in [4.69, 9.17) is 4.74 Å². The van der Waals surface area contributed by atoms with Gasteiger partial charge in [-0.15, -0.1) is 0 Å². The lowest BCUT2D eigenvalue weighted by atomic mass is 10.1. The smallest absolute Gasteiger partial charge is 0.179 e. The van der Waals surface area contributed by atoms with Gasteiger partial charge in [-0.1, -0.05) is 30.3 Å². The molecule has 22 heavy (non-hydrogen) atoms. The molecule has 0 saturated heterocycles. The molecule has 0 fully saturated rings. The number of hydrogen-bond acceptors (Lipinski definition) is 4. The molecule has 0 heterocycles. The lowest BCUT2D eigenvalue weighted by molar-refractivity contribution is 0.414. The van der Waals surface area contributed by atoms with E-state index in [9.17, 15) is 8.42 Å². The second-order valence-electron chi connectivity index (χ2n) is 4.98. The van der Waals surface area contributed by atoms with Crippen LogP contribution in [0, 0.1) is 0 Å². The lowest BCUT2D eigenvalue weighted by Gasteiger charge is -2.07. The van der Waals surface area contributed by atoms with Gasteiger partial charge in [0.25, 0.3) is 0 Å². The Labute approximate surface area is 132 Å². The molecule has 2 aromatic rings. The average Bonchev–Trinajstić information content (AvgIpc) is 2.55. The maximum atomic E-state index is 12.2. The van der Waals surface area contributed by atoms with Crippen LogP contribution in [0.1, 0.15) is 5.56 Å². The predicted molar refractivity (Wildman–Crippen MR) is 88.1 cm³/mol. The molecule has 2 aromatic carbocycles. The van der Waals surface area contributed by atoms with E-state index in [1.807, 2.05) is 18.2 Å². The molecule has 0 aliphatic heterocycles. The maximum Gasteiger partial charge on any atom is 0.179 e. The SMILES string of the molecule is COc1ccc(S(=O)(=O)CCNCCc2ccccc2)cc1. The van der Waals surface area contributed by atoms with Gasteiger partial charge in [-0.3, -0.25) is 0 Å². The van der Waals surface area contributed by atoms with Gasteiger partial charge in [0, 0.05) is 6.54 Å². The molecule has 0 aliphatic carbocycles. The number of rotatable bonds is 8. The number of nitrogens with one attached hydrogen (secondary N) is 1. The van der Waals surface area contributed by atoms with Crippen LogP contribution in [0.3, 0.4) is 0 Å². The molecule has 0 aliphatic rings. The van der Waals surface area contributed by atoms with Crippen LogP contribution in [-0.2, 0) is 16.3 Å². The van der Waals surface area contributed by atoms with Crippen molar-refractivity contribution < 1.29 is 13.2 Å². The first-order valence-electron chi connectivity index (χ1n) is 7.23. The lowest BCUT2D eigenvalue weighted by Crippen LogP contribution is -2.25. The second-order valence-corrected chi connectivity index (χ2v) is 7.09. The molecule has 0 unspecified atom stereocenters. The van der Waals surface area contributed by atoms with Gasteiger partial charge in [0.05, 0.1) is 17.8 Å². The average molecular weight is 319 g/mol. The second kappa shape index (κ2) is 7.96. The van der Waals surface area contributed by atoms with Crippen LogP contribution in [-0.4, -0.2) is 34.4 Å². The Bertz CT molecular complexity index is 667. The van der Waals surface area contributed by atoms with E-state index in [0.29, 0.717) is 17.2 Å². The third-order valence-corrected chi connectivity index (χ3v) is 5.13. The van der Waals surface area contributed by atoms with Crippen LogP contribution < -0.4 is 10.1 Å². The molecule has 2 rings (SSSR count). The van der Waals surface area contributed by atoms with E-state index in [-0.39, 0.29) is 5.75 Å². The van der Waals surface area contributed by atoms with Crippen molar-refractivity contribution >= 4 is 9.84 Å². The Hall–Kier alpha value is -1.85. The van der Waals surface area contributed by atoms with E-state index in [1.54, 1.807) is 31.4 Å². The molecule has 4 nitrogen and oxygen atoms in total. The third kappa shape index (κ3) is 4.86. The highest BCUT2D eigenvalue weighted by molar-refractivity contribution is 7.91. The van der Waals surface area contributed by atoms with Crippen molar-refractivity contribution in [2.24, 2.45) is 0 Å². The minimum absolute atomic E-state index is 0.0914. The highest BCUT2D eigenvalue weighted by atomic mass is 32.2. The van der Waals surface area contributed by atoms with Crippen LogP contribution in [0.5, 0.6) is 5.75 Å². The van der Waals surface area contributed by atoms with Gasteiger partial charge in [0.2, 0.25) is 0 Å². The van der Waals surface area contributed by atoms with E-state index < -0.39 is 9.84 Å². The summed E-state index contributed by atoms with van der Waals surface area (Å²) in [7, 11) is -1.69. The number of hydrogen-bond donors (Lipinski definition) is 1. The van der Waals surface area contributed by atoms with Gasteiger partial charge in [-0.25, -0.2) is 8.42 Å². The Morgan fingerprint density at radius 2 is 1.64 bits per heavy atom. The topological polar surface area (TPSA) is 55.4 Å². The molecular formula is C17H21NO3S. The fourth-order valence-corrected chi connectivity index (χ4v) is 3.31. The summed E-state index contributed by atoms with van der Waals surface area (Å²) in [6.45, 7) is 1.21. The van der Waals surface area contributed by atoms with Crippen LogP contribution in [0.15, 0.2) is 59.5 Å². The zero-order chi connectivity index (χ0) is 15.8. The van der Waals surface area contributed by atoms with E-state index in [1.165, 1.54) is 5.56 Å². The van der Waals surface area contributed by atoms with Crippen molar-refractivity contribution in [1.29, 1.82) is 0 Å². The summed E-state index contributed by atoms with van der Waals surface area (Å²) in [5.74, 6) is 0.744. The summed E-state index contributed by atoms with van der Waals surface area (Å²) >= 11 is 0. The maximum absolute atomic E-state index is 12.2. The first-order valence-corrected chi connectivity index (χ1v) is 8.88. The molecule has 0 atom stereocenters. The zero-order valence-corrected chi connectivity index (χ0v) is 13.5. The standard InChI is InChI=1S/C17H21NO3S/c1-21-16-7-9-17(10-8-16)22(19,20)14-13-18-12-11-15-5-3-2-4-6-15/h2-10,18H,11-14H2,1H3. The van der Waals surface area contributed by atoms with Crippen molar-refractivity contribution in [1.82, 2.24) is 5.32 Å². The van der Waals surface area contributed by atoms with Gasteiger partial charge in [-0.2, -0.15) is 0 Å². The van der Waals surface area contributed by atoms with Crippen molar-refractivity contribution in [2.75, 3.05) is 26.0 Å². The highest BCUT2D eigenvalue weighted by Crippen LogP contribution is 2.16. The van der Waals surface area contributed by atoms with Gasteiger partial charge in [0.1, 0.15) is 5.75 Å². The molecule has 5 heteroatoms. The van der Waals surface area contributed by atoms with E-state index in [0.717, 1.165) is 13.0 Å².